The van der Waals surface area contributed by atoms with E-state index in [1.165, 1.54) is 0 Å². The summed E-state index contributed by atoms with van der Waals surface area (Å²) < 4.78 is 0. The lowest BCUT2D eigenvalue weighted by Gasteiger charge is -2.39. The number of phenolic OH excluding ortho intramolecular Hbond substituents is 1. The first-order valence-corrected chi connectivity index (χ1v) is 9.10. The number of carbonyl (C=O) groups is 1. The van der Waals surface area contributed by atoms with Crippen LogP contribution in [0.15, 0.2) is 29.3 Å². The van der Waals surface area contributed by atoms with Crippen LogP contribution in [-0.2, 0) is 4.79 Å². The van der Waals surface area contributed by atoms with Gasteiger partial charge in [0.15, 0.2) is 0 Å². The van der Waals surface area contributed by atoms with Crippen molar-refractivity contribution in [3.63, 3.8) is 0 Å². The molecule has 2 heterocycles. The fraction of sp³-hybridized carbons (Fsp3) is 0.529. The van der Waals surface area contributed by atoms with Crippen molar-refractivity contribution in [3.05, 3.63) is 29.8 Å². The molecule has 23 heavy (non-hydrogen) atoms. The number of likely N-dealkylation sites (N-methyl/N-ethyl adjacent to an activating group) is 1. The van der Waals surface area contributed by atoms with Gasteiger partial charge in [-0.3, -0.25) is 14.7 Å². The summed E-state index contributed by atoms with van der Waals surface area (Å²) in [4.78, 5) is 21.6. The van der Waals surface area contributed by atoms with E-state index < -0.39 is 0 Å². The van der Waals surface area contributed by atoms with Crippen LogP contribution in [0.2, 0.25) is 0 Å². The molecule has 1 amide bonds. The first-order chi connectivity index (χ1) is 11.1. The van der Waals surface area contributed by atoms with Crippen LogP contribution in [0.5, 0.6) is 5.75 Å². The highest BCUT2D eigenvalue weighted by Gasteiger charge is 2.33. The Hall–Kier alpha value is -1.53. The first-order valence-electron chi connectivity index (χ1n) is 8.12. The van der Waals surface area contributed by atoms with Gasteiger partial charge in [-0.25, -0.2) is 0 Å². The maximum absolute atomic E-state index is 12.7. The number of hydrogen-bond donors (Lipinski definition) is 1. The topological polar surface area (TPSA) is 56.1 Å². The molecule has 2 aliphatic rings. The molecule has 1 saturated heterocycles. The number of aliphatic imine (C=N–C) groups is 1. The lowest BCUT2D eigenvalue weighted by atomic mass is 10.1. The fourth-order valence-corrected chi connectivity index (χ4v) is 4.24. The van der Waals surface area contributed by atoms with Gasteiger partial charge in [0.25, 0.3) is 0 Å². The summed E-state index contributed by atoms with van der Waals surface area (Å²) >= 11 is 1.55. The highest BCUT2D eigenvalue weighted by atomic mass is 32.2. The molecule has 5 nitrogen and oxygen atoms in total. The molecule has 3 rings (SSSR count). The Morgan fingerprint density at radius 1 is 1.39 bits per heavy atom. The standard InChI is InChI=1S/C17H23N3O2S/c1-3-19-8-9-20(10-12(19)2)17(22)14-11-23-16(18-14)13-6-4-5-7-15(13)21/h4-7,12,14,21H,3,8-11H2,1-2H3. The lowest BCUT2D eigenvalue weighted by molar-refractivity contribution is -0.134. The van der Waals surface area contributed by atoms with Crippen molar-refractivity contribution in [2.24, 2.45) is 4.99 Å². The number of hydrogen-bond acceptors (Lipinski definition) is 5. The number of para-hydroxylation sites is 1. The van der Waals surface area contributed by atoms with Gasteiger partial charge in [0.05, 0.1) is 0 Å². The van der Waals surface area contributed by atoms with Crippen LogP contribution in [0.3, 0.4) is 0 Å². The number of carbonyl (C=O) groups excluding carboxylic acids is 1. The van der Waals surface area contributed by atoms with E-state index in [0.717, 1.165) is 36.8 Å². The normalized spacial score (nSPS) is 25.5. The van der Waals surface area contributed by atoms with Crippen LogP contribution < -0.4 is 0 Å². The average molecular weight is 333 g/mol. The second-order valence-electron chi connectivity index (χ2n) is 6.04. The lowest BCUT2D eigenvalue weighted by Crippen LogP contribution is -2.55. The van der Waals surface area contributed by atoms with E-state index in [0.29, 0.717) is 11.8 Å². The third-order valence-corrected chi connectivity index (χ3v) is 5.63. The number of benzene rings is 1. The van der Waals surface area contributed by atoms with Gasteiger partial charge in [0.1, 0.15) is 16.8 Å². The predicted octanol–water partition coefficient (Wildman–Crippen LogP) is 1.81. The number of nitrogens with zero attached hydrogens (tertiary/aromatic N) is 3. The minimum Gasteiger partial charge on any atom is -0.507 e. The number of rotatable bonds is 3. The Morgan fingerprint density at radius 3 is 2.87 bits per heavy atom. The monoisotopic (exact) mass is 333 g/mol. The second-order valence-corrected chi connectivity index (χ2v) is 7.05. The maximum atomic E-state index is 12.7. The fourth-order valence-electron chi connectivity index (χ4n) is 3.18. The number of amides is 1. The van der Waals surface area contributed by atoms with Crippen molar-refractivity contribution in [2.45, 2.75) is 25.9 Å². The molecule has 0 bridgehead atoms. The number of phenols is 1. The molecule has 0 saturated carbocycles. The molecular weight excluding hydrogens is 310 g/mol. The molecule has 2 unspecified atom stereocenters. The minimum absolute atomic E-state index is 0.116. The van der Waals surface area contributed by atoms with Gasteiger partial charge in [0, 0.05) is 37.0 Å². The van der Waals surface area contributed by atoms with Crippen LogP contribution >= 0.6 is 11.8 Å². The molecule has 1 aromatic carbocycles. The van der Waals surface area contributed by atoms with E-state index in [1.54, 1.807) is 23.9 Å². The van der Waals surface area contributed by atoms with Gasteiger partial charge in [-0.2, -0.15) is 0 Å². The summed E-state index contributed by atoms with van der Waals surface area (Å²) in [7, 11) is 0. The van der Waals surface area contributed by atoms with E-state index in [2.05, 4.69) is 23.7 Å². The summed E-state index contributed by atoms with van der Waals surface area (Å²) in [5.41, 5.74) is 0.719. The van der Waals surface area contributed by atoms with Crippen LogP contribution in [0.25, 0.3) is 0 Å². The zero-order valence-corrected chi connectivity index (χ0v) is 14.4. The Balaban J connectivity index is 1.69. The van der Waals surface area contributed by atoms with E-state index in [9.17, 15) is 9.90 Å². The maximum Gasteiger partial charge on any atom is 0.248 e. The van der Waals surface area contributed by atoms with Gasteiger partial charge in [-0.1, -0.05) is 19.1 Å². The first kappa shape index (κ1) is 16.3. The summed E-state index contributed by atoms with van der Waals surface area (Å²) in [5.74, 6) is 0.993. The summed E-state index contributed by atoms with van der Waals surface area (Å²) in [6, 6.07) is 7.23. The van der Waals surface area contributed by atoms with Crippen molar-refractivity contribution >= 4 is 22.7 Å². The molecule has 0 aromatic heterocycles. The molecule has 0 spiro atoms. The van der Waals surface area contributed by atoms with E-state index in [1.807, 2.05) is 17.0 Å². The number of thioether (sulfide) groups is 1. The van der Waals surface area contributed by atoms with E-state index in [4.69, 9.17) is 0 Å². The third-order valence-electron chi connectivity index (χ3n) is 4.55. The molecule has 1 aromatic rings. The van der Waals surface area contributed by atoms with Gasteiger partial charge >= 0.3 is 0 Å². The number of piperazine rings is 1. The molecule has 0 radical (unpaired) electrons. The zero-order valence-electron chi connectivity index (χ0n) is 13.6. The Kier molecular flexibility index (Phi) is 4.92. The second kappa shape index (κ2) is 6.93. The van der Waals surface area contributed by atoms with Crippen molar-refractivity contribution in [1.82, 2.24) is 9.80 Å². The smallest absolute Gasteiger partial charge is 0.248 e. The molecule has 2 aliphatic heterocycles. The average Bonchev–Trinajstić information content (AvgIpc) is 3.04. The highest BCUT2D eigenvalue weighted by Crippen LogP contribution is 2.29. The molecule has 2 atom stereocenters. The Bertz CT molecular complexity index is 620. The van der Waals surface area contributed by atoms with Crippen molar-refractivity contribution < 1.29 is 9.90 Å². The van der Waals surface area contributed by atoms with E-state index in [-0.39, 0.29) is 17.7 Å². The largest absolute Gasteiger partial charge is 0.507 e. The zero-order chi connectivity index (χ0) is 16.4. The predicted molar refractivity (Wildman–Crippen MR) is 94.2 cm³/mol. The Morgan fingerprint density at radius 2 is 2.17 bits per heavy atom. The number of aromatic hydroxyl groups is 1. The SMILES string of the molecule is CCN1CCN(C(=O)C2CSC(c3ccccc3O)=N2)CC1C. The van der Waals surface area contributed by atoms with Crippen molar-refractivity contribution in [1.29, 1.82) is 0 Å². The molecule has 1 N–H and O–H groups in total. The quantitative estimate of drug-likeness (QED) is 0.916. The van der Waals surface area contributed by atoms with Gasteiger partial charge < -0.3 is 10.0 Å². The highest BCUT2D eigenvalue weighted by molar-refractivity contribution is 8.14. The summed E-state index contributed by atoms with van der Waals surface area (Å²) in [6.07, 6.45) is 0. The minimum atomic E-state index is -0.324. The van der Waals surface area contributed by atoms with Crippen LogP contribution in [0, 0.1) is 0 Å². The van der Waals surface area contributed by atoms with Crippen LogP contribution in [0.4, 0.5) is 0 Å². The van der Waals surface area contributed by atoms with Gasteiger partial charge in [-0.15, -0.1) is 11.8 Å². The van der Waals surface area contributed by atoms with Crippen molar-refractivity contribution in [3.8, 4) is 5.75 Å². The Labute approximate surface area is 141 Å². The molecule has 1 fully saturated rings. The molecule has 0 aliphatic carbocycles. The van der Waals surface area contributed by atoms with Crippen molar-refractivity contribution in [2.75, 3.05) is 31.9 Å². The molecule has 124 valence electrons. The molecule has 6 heteroatoms. The summed E-state index contributed by atoms with van der Waals surface area (Å²) in [5, 5.41) is 10.7. The molecular formula is C17H23N3O2S. The van der Waals surface area contributed by atoms with Crippen LogP contribution in [-0.4, -0.2) is 69.9 Å². The summed E-state index contributed by atoms with van der Waals surface area (Å²) in [6.45, 7) is 7.83. The van der Waals surface area contributed by atoms with Gasteiger partial charge in [-0.05, 0) is 25.6 Å². The van der Waals surface area contributed by atoms with Crippen LogP contribution in [0.1, 0.15) is 19.4 Å². The third kappa shape index (κ3) is 3.38. The van der Waals surface area contributed by atoms with E-state index >= 15 is 0 Å². The van der Waals surface area contributed by atoms with Gasteiger partial charge in [0.2, 0.25) is 5.91 Å².